The number of anilines is 2. The molecule has 1 aromatic heterocycles. The first-order valence-corrected chi connectivity index (χ1v) is 7.89. The summed E-state index contributed by atoms with van der Waals surface area (Å²) < 4.78 is 13.0. The summed E-state index contributed by atoms with van der Waals surface area (Å²) in [6, 6.07) is 7.00. The van der Waals surface area contributed by atoms with Gasteiger partial charge in [-0.3, -0.25) is 0 Å². The molecule has 0 spiro atoms. The Hall–Kier alpha value is -2.24. The molecule has 2 aromatic rings. The Morgan fingerprint density at radius 2 is 1.83 bits per heavy atom. The molecule has 23 heavy (non-hydrogen) atoms. The molecular weight excluding hydrogens is 293 g/mol. The third-order valence-electron chi connectivity index (χ3n) is 3.96. The van der Waals surface area contributed by atoms with Crippen molar-refractivity contribution in [3.63, 3.8) is 0 Å². The minimum Gasteiger partial charge on any atom is -0.351 e. The van der Waals surface area contributed by atoms with Crippen molar-refractivity contribution in [1.29, 1.82) is 0 Å². The van der Waals surface area contributed by atoms with Crippen LogP contribution in [0.4, 0.5) is 16.3 Å². The zero-order valence-corrected chi connectivity index (χ0v) is 13.9. The van der Waals surface area contributed by atoms with E-state index in [9.17, 15) is 4.39 Å². The van der Waals surface area contributed by atoms with Gasteiger partial charge >= 0.3 is 0 Å². The molecule has 1 aliphatic carbocycles. The first-order valence-electron chi connectivity index (χ1n) is 7.89. The maximum Gasteiger partial charge on any atom is 0.229 e. The molecule has 1 aliphatic rings. The molecule has 1 heterocycles. The van der Waals surface area contributed by atoms with Gasteiger partial charge in [-0.2, -0.15) is 15.0 Å². The average molecular weight is 315 g/mol. The van der Waals surface area contributed by atoms with Crippen LogP contribution in [-0.4, -0.2) is 35.1 Å². The van der Waals surface area contributed by atoms with Gasteiger partial charge in [-0.15, -0.1) is 0 Å². The number of benzene rings is 1. The summed E-state index contributed by atoms with van der Waals surface area (Å²) in [6.45, 7) is 4.13. The molecule has 1 aromatic carbocycles. The molecule has 0 saturated heterocycles. The Balaban J connectivity index is 1.74. The van der Waals surface area contributed by atoms with Crippen molar-refractivity contribution >= 4 is 11.9 Å². The number of hydrogen-bond acceptors (Lipinski definition) is 5. The van der Waals surface area contributed by atoms with Gasteiger partial charge in [0.2, 0.25) is 11.9 Å². The molecular formula is C17H22FN5. The minimum atomic E-state index is -0.200. The van der Waals surface area contributed by atoms with Gasteiger partial charge in [0.25, 0.3) is 0 Å². The molecule has 3 rings (SSSR count). The summed E-state index contributed by atoms with van der Waals surface area (Å²) in [6.07, 6.45) is 1.01. The van der Waals surface area contributed by atoms with Crippen LogP contribution in [0, 0.1) is 5.82 Å². The third kappa shape index (κ3) is 3.57. The summed E-state index contributed by atoms with van der Waals surface area (Å²) in [5, 5.41) is 3.39. The van der Waals surface area contributed by atoms with Gasteiger partial charge in [0, 0.05) is 32.0 Å². The molecule has 0 aliphatic heterocycles. The summed E-state index contributed by atoms with van der Waals surface area (Å²) in [4.78, 5) is 15.3. The van der Waals surface area contributed by atoms with E-state index >= 15 is 0 Å². The van der Waals surface area contributed by atoms with E-state index in [1.165, 1.54) is 12.1 Å². The predicted octanol–water partition coefficient (Wildman–Crippen LogP) is 3.17. The van der Waals surface area contributed by atoms with Crippen LogP contribution >= 0.6 is 0 Å². The van der Waals surface area contributed by atoms with E-state index in [1.54, 1.807) is 0 Å². The molecule has 2 atom stereocenters. The van der Waals surface area contributed by atoms with E-state index < -0.39 is 0 Å². The molecule has 6 heteroatoms. The fourth-order valence-electron chi connectivity index (χ4n) is 2.50. The van der Waals surface area contributed by atoms with Crippen molar-refractivity contribution in [2.75, 3.05) is 24.3 Å². The Morgan fingerprint density at radius 1 is 1.13 bits per heavy atom. The summed E-state index contributed by atoms with van der Waals surface area (Å²) >= 11 is 0. The predicted molar refractivity (Wildman–Crippen MR) is 89.4 cm³/mol. The topological polar surface area (TPSA) is 53.9 Å². The maximum absolute atomic E-state index is 13.0. The smallest absolute Gasteiger partial charge is 0.229 e. The highest BCUT2D eigenvalue weighted by atomic mass is 19.1. The van der Waals surface area contributed by atoms with Crippen molar-refractivity contribution in [2.45, 2.75) is 38.1 Å². The quantitative estimate of drug-likeness (QED) is 0.918. The van der Waals surface area contributed by atoms with Gasteiger partial charge < -0.3 is 10.2 Å². The number of aromatic nitrogens is 3. The SMILES string of the molecule is CC(C)c1nc(N[C@@H]2C[C@H]2c2ccc(F)cc2)nc(N(C)C)n1. The van der Waals surface area contributed by atoms with Crippen molar-refractivity contribution < 1.29 is 4.39 Å². The first-order chi connectivity index (χ1) is 10.9. The Morgan fingerprint density at radius 3 is 2.43 bits per heavy atom. The number of nitrogens with zero attached hydrogens (tertiary/aromatic N) is 4. The lowest BCUT2D eigenvalue weighted by Crippen LogP contribution is -2.18. The standard InChI is InChI=1S/C17H22FN5/c1-10(2)15-20-16(22-17(21-15)23(3)4)19-14-9-13(14)11-5-7-12(18)8-6-11/h5-8,10,13-14H,9H2,1-4H3,(H,19,20,21,22)/t13-,14+/m0/s1. The molecule has 1 saturated carbocycles. The lowest BCUT2D eigenvalue weighted by atomic mass is 10.1. The second kappa shape index (κ2) is 6.10. The Kier molecular flexibility index (Phi) is 4.15. The average Bonchev–Trinajstić information content (AvgIpc) is 3.26. The second-order valence-corrected chi connectivity index (χ2v) is 6.51. The summed E-state index contributed by atoms with van der Waals surface area (Å²) in [7, 11) is 3.84. The number of hydrogen-bond donors (Lipinski definition) is 1. The third-order valence-corrected chi connectivity index (χ3v) is 3.96. The van der Waals surface area contributed by atoms with E-state index in [2.05, 4.69) is 34.1 Å². The van der Waals surface area contributed by atoms with E-state index in [-0.39, 0.29) is 17.8 Å². The fraction of sp³-hybridized carbons (Fsp3) is 0.471. The van der Waals surface area contributed by atoms with Crippen LogP contribution in [0.5, 0.6) is 0 Å². The fourth-order valence-corrected chi connectivity index (χ4v) is 2.50. The van der Waals surface area contributed by atoms with Crippen LogP contribution in [0.3, 0.4) is 0 Å². The largest absolute Gasteiger partial charge is 0.351 e. The molecule has 0 amide bonds. The van der Waals surface area contributed by atoms with E-state index in [4.69, 9.17) is 0 Å². The Bertz CT molecular complexity index is 658. The van der Waals surface area contributed by atoms with Crippen LogP contribution in [0.25, 0.3) is 0 Å². The lowest BCUT2D eigenvalue weighted by molar-refractivity contribution is 0.627. The van der Waals surface area contributed by atoms with Crippen molar-refractivity contribution in [3.05, 3.63) is 41.5 Å². The molecule has 122 valence electrons. The van der Waals surface area contributed by atoms with Gasteiger partial charge in [0.05, 0.1) is 0 Å². The zero-order valence-electron chi connectivity index (χ0n) is 13.9. The van der Waals surface area contributed by atoms with Crippen LogP contribution in [-0.2, 0) is 0 Å². The number of rotatable bonds is 5. The van der Waals surface area contributed by atoms with E-state index in [0.717, 1.165) is 17.8 Å². The lowest BCUT2D eigenvalue weighted by Gasteiger charge is -2.14. The summed E-state index contributed by atoms with van der Waals surface area (Å²) in [5.74, 6) is 2.48. The van der Waals surface area contributed by atoms with Crippen LogP contribution < -0.4 is 10.2 Å². The van der Waals surface area contributed by atoms with Crippen molar-refractivity contribution in [1.82, 2.24) is 15.0 Å². The van der Waals surface area contributed by atoms with Crippen LogP contribution in [0.1, 0.15) is 43.5 Å². The first kappa shape index (κ1) is 15.6. The second-order valence-electron chi connectivity index (χ2n) is 6.51. The van der Waals surface area contributed by atoms with Crippen LogP contribution in [0.15, 0.2) is 24.3 Å². The number of halogens is 1. The minimum absolute atomic E-state index is 0.200. The van der Waals surface area contributed by atoms with Gasteiger partial charge in [0.15, 0.2) is 0 Å². The number of nitrogens with one attached hydrogen (secondary N) is 1. The monoisotopic (exact) mass is 315 g/mol. The van der Waals surface area contributed by atoms with Crippen LogP contribution in [0.2, 0.25) is 0 Å². The highest BCUT2D eigenvalue weighted by Gasteiger charge is 2.39. The van der Waals surface area contributed by atoms with Gasteiger partial charge in [-0.1, -0.05) is 26.0 Å². The molecule has 5 nitrogen and oxygen atoms in total. The van der Waals surface area contributed by atoms with Gasteiger partial charge in [-0.25, -0.2) is 4.39 Å². The summed E-state index contributed by atoms with van der Waals surface area (Å²) in [5.41, 5.74) is 1.15. The highest BCUT2D eigenvalue weighted by molar-refractivity contribution is 5.41. The van der Waals surface area contributed by atoms with E-state index in [1.807, 2.05) is 31.1 Å². The molecule has 1 N–H and O–H groups in total. The highest BCUT2D eigenvalue weighted by Crippen LogP contribution is 2.42. The Labute approximate surface area is 136 Å². The van der Waals surface area contributed by atoms with Gasteiger partial charge in [-0.05, 0) is 24.1 Å². The molecule has 0 radical (unpaired) electrons. The normalized spacial score (nSPS) is 19.7. The molecule has 0 unspecified atom stereocenters. The van der Waals surface area contributed by atoms with Crippen molar-refractivity contribution in [3.8, 4) is 0 Å². The zero-order chi connectivity index (χ0) is 16.6. The molecule has 0 bridgehead atoms. The molecule has 1 fully saturated rings. The van der Waals surface area contributed by atoms with E-state index in [0.29, 0.717) is 17.8 Å². The maximum atomic E-state index is 13.0. The van der Waals surface area contributed by atoms with Gasteiger partial charge in [0.1, 0.15) is 11.6 Å². The van der Waals surface area contributed by atoms with Crippen molar-refractivity contribution in [2.24, 2.45) is 0 Å².